The predicted molar refractivity (Wildman–Crippen MR) is 29.9 cm³/mol. The van der Waals surface area contributed by atoms with E-state index in [0.717, 1.165) is 0 Å². The summed E-state index contributed by atoms with van der Waals surface area (Å²) >= 11 is -0.679. The van der Waals surface area contributed by atoms with Gasteiger partial charge in [0.05, 0.1) is 0 Å². The van der Waals surface area contributed by atoms with Gasteiger partial charge < -0.3 is 0 Å². The van der Waals surface area contributed by atoms with Gasteiger partial charge in [-0.2, -0.15) is 0 Å². The monoisotopic (exact) mass is 275 g/mol. The quantitative estimate of drug-likeness (QED) is 0.417. The van der Waals surface area contributed by atoms with Crippen molar-refractivity contribution in [2.75, 3.05) is 0 Å². The molecule has 1 N–H and O–H groups in total. The maximum absolute atomic E-state index is 10.3. The molecule has 0 aliphatic carbocycles. The maximum atomic E-state index is 10.3. The van der Waals surface area contributed by atoms with Crippen LogP contribution in [0.5, 0.6) is 0 Å². The minimum absolute atomic E-state index is 0.345. The second-order valence-corrected chi connectivity index (χ2v) is 4.47. The number of hydrogen-bond acceptors (Lipinski definition) is 3. The van der Waals surface area contributed by atoms with Gasteiger partial charge in [-0.05, 0) is 0 Å². The second kappa shape index (κ2) is 2.89. The number of allylic oxidation sites excluding steroid dienone is 2. The number of hydrogen-bond donors (Lipinski definition) is 1. The molecule has 0 amide bonds. The Morgan fingerprint density at radius 3 is 2.60 bits per heavy atom. The summed E-state index contributed by atoms with van der Waals surface area (Å²) in [4.78, 5) is 0. The molecular weight excluding hydrogens is 271 g/mol. The van der Waals surface area contributed by atoms with Gasteiger partial charge in [0.1, 0.15) is 0 Å². The van der Waals surface area contributed by atoms with Crippen molar-refractivity contribution in [3.05, 3.63) is 21.3 Å². The molecule has 0 aromatic carbocycles. The van der Waals surface area contributed by atoms with Crippen LogP contribution in [-0.4, -0.2) is 13.0 Å². The Bertz CT molecular complexity index is 276. The van der Waals surface area contributed by atoms with E-state index in [2.05, 4.69) is 3.07 Å². The number of halogens is 1. The van der Waals surface area contributed by atoms with Crippen LogP contribution in [0.1, 0.15) is 0 Å². The fourth-order valence-electron chi connectivity index (χ4n) is 0.366. The van der Waals surface area contributed by atoms with Crippen LogP contribution in [0.25, 0.3) is 0 Å². The summed E-state index contributed by atoms with van der Waals surface area (Å²) in [6, 6.07) is 0. The van der Waals surface area contributed by atoms with E-state index >= 15 is 0 Å². The predicted octanol–water partition coefficient (Wildman–Crippen LogP) is -2.74. The summed E-state index contributed by atoms with van der Waals surface area (Å²) in [7, 11) is -4.11. The van der Waals surface area contributed by atoms with Gasteiger partial charge in [-0.25, -0.2) is 0 Å². The Balaban J connectivity index is 2.93. The Morgan fingerprint density at radius 2 is 2.30 bits per heavy atom. The molecule has 1 rings (SSSR count). The van der Waals surface area contributed by atoms with Crippen molar-refractivity contribution in [2.24, 2.45) is 0 Å². The van der Waals surface area contributed by atoms with Gasteiger partial charge in [0.15, 0.2) is 0 Å². The first-order chi connectivity index (χ1) is 4.61. The fourth-order valence-corrected chi connectivity index (χ4v) is 2.54. The van der Waals surface area contributed by atoms with E-state index in [0.29, 0.717) is 0 Å². The first-order valence-corrected chi connectivity index (χ1v) is 5.82. The zero-order valence-corrected chi connectivity index (χ0v) is 7.66. The molecule has 0 saturated carbocycles. The van der Waals surface area contributed by atoms with Crippen LogP contribution in [0, 0.1) is 0 Å². The molecule has 4 nitrogen and oxygen atoms in total. The van der Waals surface area contributed by atoms with Crippen molar-refractivity contribution in [3.8, 4) is 0 Å². The van der Waals surface area contributed by atoms with Crippen molar-refractivity contribution in [2.45, 2.75) is 0 Å². The van der Waals surface area contributed by atoms with E-state index in [1.54, 1.807) is 10.2 Å². The van der Waals surface area contributed by atoms with Crippen molar-refractivity contribution >= 4 is 10.1 Å². The van der Waals surface area contributed by atoms with Gasteiger partial charge in [-0.3, -0.25) is 0 Å². The zero-order chi connectivity index (χ0) is 7.61. The standard InChI is InChI=1S/C4H4IO4S/c6-10(7,8)4-2-1-3-5-9-4/h1-3H,(H,6,7,8)/q-1. The van der Waals surface area contributed by atoms with Crippen molar-refractivity contribution in [3.63, 3.8) is 0 Å². The molecule has 6 heteroatoms. The van der Waals surface area contributed by atoms with Gasteiger partial charge in [0.25, 0.3) is 0 Å². The molecule has 1 aliphatic rings. The van der Waals surface area contributed by atoms with Gasteiger partial charge in [0.2, 0.25) is 0 Å². The zero-order valence-electron chi connectivity index (χ0n) is 4.69. The van der Waals surface area contributed by atoms with Gasteiger partial charge in [-0.1, -0.05) is 0 Å². The molecule has 0 aromatic rings. The van der Waals surface area contributed by atoms with E-state index in [9.17, 15) is 8.42 Å². The average molecular weight is 275 g/mol. The molecule has 0 fully saturated rings. The fraction of sp³-hybridized carbons (Fsp3) is 0. The molecule has 0 unspecified atom stereocenters. The van der Waals surface area contributed by atoms with Crippen LogP contribution in [0.4, 0.5) is 0 Å². The Morgan fingerprint density at radius 1 is 1.60 bits per heavy atom. The normalized spacial score (nSPS) is 18.7. The molecular formula is C4H4IO4S-. The van der Waals surface area contributed by atoms with Crippen LogP contribution in [0.2, 0.25) is 0 Å². The van der Waals surface area contributed by atoms with Gasteiger partial charge >= 0.3 is 69.1 Å². The summed E-state index contributed by atoms with van der Waals surface area (Å²) in [5.74, 6) is 0. The van der Waals surface area contributed by atoms with E-state index in [1.807, 2.05) is 0 Å². The van der Waals surface area contributed by atoms with E-state index < -0.39 is 31.7 Å². The van der Waals surface area contributed by atoms with Crippen LogP contribution in [-0.2, 0) is 13.2 Å². The van der Waals surface area contributed by atoms with Crippen LogP contribution in [0.15, 0.2) is 21.3 Å². The molecule has 1 heterocycles. The van der Waals surface area contributed by atoms with E-state index in [1.165, 1.54) is 6.08 Å². The topological polar surface area (TPSA) is 63.6 Å². The molecule has 0 aromatic heterocycles. The molecule has 58 valence electrons. The molecule has 10 heavy (non-hydrogen) atoms. The molecule has 0 saturated heterocycles. The van der Waals surface area contributed by atoms with Crippen molar-refractivity contribution in [1.82, 2.24) is 0 Å². The average Bonchev–Trinajstić information content (AvgIpc) is 1.88. The first-order valence-electron chi connectivity index (χ1n) is 2.25. The van der Waals surface area contributed by atoms with Gasteiger partial charge in [-0.15, -0.1) is 0 Å². The summed E-state index contributed by atoms with van der Waals surface area (Å²) in [6.07, 6.45) is 2.78. The van der Waals surface area contributed by atoms with Crippen LogP contribution >= 0.6 is 0 Å². The SMILES string of the molecule is O=S(=O)(O)C1=CC=C[I-]O1. The molecule has 0 atom stereocenters. The second-order valence-electron chi connectivity index (χ2n) is 1.45. The molecule has 0 radical (unpaired) electrons. The van der Waals surface area contributed by atoms with Crippen LogP contribution < -0.4 is 21.6 Å². The molecule has 1 aliphatic heterocycles. The first kappa shape index (κ1) is 8.02. The van der Waals surface area contributed by atoms with E-state index in [4.69, 9.17) is 4.55 Å². The third kappa shape index (κ3) is 1.96. The minimum atomic E-state index is -4.11. The Hall–Kier alpha value is -0.0800. The van der Waals surface area contributed by atoms with Crippen LogP contribution in [0.3, 0.4) is 0 Å². The van der Waals surface area contributed by atoms with Crippen molar-refractivity contribution < 1.29 is 37.7 Å². The summed E-state index contributed by atoms with van der Waals surface area (Å²) in [5.41, 5.74) is 0. The summed E-state index contributed by atoms with van der Waals surface area (Å²) in [5, 5.41) is -0.345. The number of rotatable bonds is 1. The summed E-state index contributed by atoms with van der Waals surface area (Å²) < 4.78 is 35.5. The molecule has 0 bridgehead atoms. The Labute approximate surface area is 69.1 Å². The van der Waals surface area contributed by atoms with Gasteiger partial charge in [0, 0.05) is 0 Å². The third-order valence-electron chi connectivity index (χ3n) is 0.731. The van der Waals surface area contributed by atoms with Crippen molar-refractivity contribution in [1.29, 1.82) is 0 Å². The van der Waals surface area contributed by atoms with E-state index in [-0.39, 0.29) is 5.09 Å². The Kier molecular flexibility index (Phi) is 2.32. The summed E-state index contributed by atoms with van der Waals surface area (Å²) in [6.45, 7) is 0. The molecule has 0 spiro atoms. The third-order valence-corrected chi connectivity index (χ3v) is 3.20.